The number of halogens is 2. The molecule has 1 fully saturated rings. The van der Waals surface area contributed by atoms with Crippen LogP contribution in [0.4, 0.5) is 14.5 Å². The average Bonchev–Trinajstić information content (AvgIpc) is 3.37. The van der Waals surface area contributed by atoms with Crippen molar-refractivity contribution in [2.45, 2.75) is 18.3 Å². The normalized spacial score (nSPS) is 16.0. The van der Waals surface area contributed by atoms with Crippen LogP contribution < -0.4 is 11.1 Å². The quantitative estimate of drug-likeness (QED) is 0.494. The van der Waals surface area contributed by atoms with E-state index in [2.05, 4.69) is 20.3 Å². The van der Waals surface area contributed by atoms with E-state index in [-0.39, 0.29) is 11.5 Å². The van der Waals surface area contributed by atoms with E-state index in [9.17, 15) is 13.6 Å². The molecule has 6 nitrogen and oxygen atoms in total. The number of carbonyl (C=O) groups is 1. The molecule has 2 aromatic heterocycles. The number of nitrogens with one attached hydrogen (secondary N) is 1. The number of anilines is 1. The molecule has 3 rings (SSSR count). The summed E-state index contributed by atoms with van der Waals surface area (Å²) in [6.07, 6.45) is 6.49. The van der Waals surface area contributed by atoms with Crippen LogP contribution in [0, 0.1) is 11.8 Å². The van der Waals surface area contributed by atoms with E-state index >= 15 is 0 Å². The molecule has 3 N–H and O–H groups in total. The molecule has 1 saturated carbocycles. The minimum atomic E-state index is -1.02. The fourth-order valence-electron chi connectivity index (χ4n) is 2.39. The smallest absolute Gasteiger partial charge is 0.259 e. The number of nitrogens with zero attached hydrogens (tertiary/aromatic N) is 3. The molecule has 1 aliphatic rings. The molecule has 0 aliphatic heterocycles. The first-order valence-electron chi connectivity index (χ1n) is 7.55. The highest BCUT2D eigenvalue weighted by atomic mass is 19.1. The zero-order chi connectivity index (χ0) is 17.9. The van der Waals surface area contributed by atoms with E-state index in [0.29, 0.717) is 18.5 Å². The maximum absolute atomic E-state index is 13.9. The summed E-state index contributed by atoms with van der Waals surface area (Å²) in [7, 11) is 0. The van der Waals surface area contributed by atoms with Gasteiger partial charge >= 0.3 is 0 Å². The van der Waals surface area contributed by atoms with Gasteiger partial charge in [0.05, 0.1) is 11.1 Å². The number of hydrogen-bond acceptors (Lipinski definition) is 4. The van der Waals surface area contributed by atoms with Crippen molar-refractivity contribution in [2.24, 2.45) is 10.7 Å². The first kappa shape index (κ1) is 16.7. The molecule has 1 aliphatic carbocycles. The van der Waals surface area contributed by atoms with Gasteiger partial charge in [0, 0.05) is 30.3 Å². The van der Waals surface area contributed by atoms with E-state index in [1.807, 2.05) is 0 Å². The van der Waals surface area contributed by atoms with Gasteiger partial charge in [-0.15, -0.1) is 0 Å². The topological polar surface area (TPSA) is 93.3 Å². The largest absolute Gasteiger partial charge is 0.384 e. The molecule has 2 aromatic rings. The monoisotopic (exact) mass is 343 g/mol. The Morgan fingerprint density at radius 1 is 1.28 bits per heavy atom. The van der Waals surface area contributed by atoms with Crippen LogP contribution in [0.1, 0.15) is 18.5 Å². The van der Waals surface area contributed by atoms with Gasteiger partial charge in [0.2, 0.25) is 5.95 Å². The van der Waals surface area contributed by atoms with Crippen LogP contribution >= 0.6 is 0 Å². The Morgan fingerprint density at radius 3 is 2.76 bits per heavy atom. The molecule has 0 aromatic carbocycles. The predicted octanol–water partition coefficient (Wildman–Crippen LogP) is 2.30. The fraction of sp³-hybridized carbons (Fsp3) is 0.176. The highest BCUT2D eigenvalue weighted by molar-refractivity contribution is 6.04. The van der Waals surface area contributed by atoms with Crippen LogP contribution in [-0.2, 0) is 10.2 Å². The fourth-order valence-corrected chi connectivity index (χ4v) is 2.39. The molecular weight excluding hydrogens is 328 g/mol. The molecule has 2 heterocycles. The van der Waals surface area contributed by atoms with E-state index in [1.54, 1.807) is 6.07 Å². The number of nitrogens with two attached hydrogens (primary N) is 1. The van der Waals surface area contributed by atoms with Crippen LogP contribution in [0.15, 0.2) is 53.9 Å². The lowest BCUT2D eigenvalue weighted by Gasteiger charge is -2.11. The highest BCUT2D eigenvalue weighted by Gasteiger charge is 2.54. The Bertz CT molecular complexity index is 862. The van der Waals surface area contributed by atoms with Crippen molar-refractivity contribution in [1.29, 1.82) is 0 Å². The number of pyridine rings is 2. The van der Waals surface area contributed by atoms with Crippen LogP contribution in [-0.4, -0.2) is 21.7 Å². The summed E-state index contributed by atoms with van der Waals surface area (Å²) >= 11 is 0. The standard InChI is InChI=1S/C17H15F2N5O/c18-12-2-1-7-23-15(12)17(5-6-17)16(25)24-14(20)4-9-21-11-3-8-22-13(19)10-11/h1-4,7-10H,5-6H2,(H,21,22)(H2,20,24,25)/b9-4-. The number of aromatic nitrogens is 2. The van der Waals surface area contributed by atoms with Crippen molar-refractivity contribution in [1.82, 2.24) is 9.97 Å². The number of carbonyl (C=O) groups excluding carboxylic acids is 1. The van der Waals surface area contributed by atoms with Gasteiger partial charge in [-0.25, -0.2) is 9.37 Å². The summed E-state index contributed by atoms with van der Waals surface area (Å²) in [5, 5.41) is 2.78. The summed E-state index contributed by atoms with van der Waals surface area (Å²) in [4.78, 5) is 23.6. The van der Waals surface area contributed by atoms with Crippen molar-refractivity contribution >= 4 is 17.4 Å². The lowest BCUT2D eigenvalue weighted by molar-refractivity contribution is -0.120. The third-order valence-electron chi connectivity index (χ3n) is 3.83. The molecule has 25 heavy (non-hydrogen) atoms. The van der Waals surface area contributed by atoms with Crippen molar-refractivity contribution in [3.05, 3.63) is 66.4 Å². The minimum absolute atomic E-state index is 0.0466. The van der Waals surface area contributed by atoms with Crippen molar-refractivity contribution in [3.63, 3.8) is 0 Å². The van der Waals surface area contributed by atoms with Gasteiger partial charge in [-0.1, -0.05) is 0 Å². The minimum Gasteiger partial charge on any atom is -0.384 e. The summed E-state index contributed by atoms with van der Waals surface area (Å²) in [6, 6.07) is 5.49. The maximum atomic E-state index is 13.9. The van der Waals surface area contributed by atoms with Gasteiger partial charge in [0.1, 0.15) is 11.7 Å². The second-order valence-corrected chi connectivity index (χ2v) is 5.60. The Balaban J connectivity index is 1.69. The van der Waals surface area contributed by atoms with Crippen LogP contribution in [0.5, 0.6) is 0 Å². The molecule has 0 spiro atoms. The molecule has 128 valence electrons. The second-order valence-electron chi connectivity index (χ2n) is 5.60. The predicted molar refractivity (Wildman–Crippen MR) is 88.7 cm³/mol. The van der Waals surface area contributed by atoms with Crippen LogP contribution in [0.25, 0.3) is 0 Å². The third-order valence-corrected chi connectivity index (χ3v) is 3.83. The molecule has 1 amide bonds. The zero-order valence-electron chi connectivity index (χ0n) is 13.1. The summed E-state index contributed by atoms with van der Waals surface area (Å²) in [5.41, 5.74) is 5.26. The second kappa shape index (κ2) is 6.76. The van der Waals surface area contributed by atoms with Crippen molar-refractivity contribution in [2.75, 3.05) is 5.32 Å². The number of aliphatic imine (C=N–C) groups is 1. The summed E-state index contributed by atoms with van der Waals surface area (Å²) < 4.78 is 26.8. The molecule has 0 radical (unpaired) electrons. The molecule has 0 saturated heterocycles. The lowest BCUT2D eigenvalue weighted by atomic mass is 10.0. The Hall–Kier alpha value is -3.16. The van der Waals surface area contributed by atoms with Gasteiger partial charge in [0.25, 0.3) is 5.91 Å². The molecular formula is C17H15F2N5O. The number of amidine groups is 1. The van der Waals surface area contributed by atoms with E-state index < -0.39 is 23.1 Å². The van der Waals surface area contributed by atoms with Crippen LogP contribution in [0.3, 0.4) is 0 Å². The first-order valence-corrected chi connectivity index (χ1v) is 7.55. The molecule has 0 bridgehead atoms. The zero-order valence-corrected chi connectivity index (χ0v) is 13.1. The van der Waals surface area contributed by atoms with E-state index in [4.69, 9.17) is 5.73 Å². The number of amides is 1. The van der Waals surface area contributed by atoms with Gasteiger partial charge in [-0.2, -0.15) is 9.38 Å². The number of hydrogen-bond donors (Lipinski definition) is 2. The molecule has 0 unspecified atom stereocenters. The Kier molecular flexibility index (Phi) is 4.51. The number of rotatable bonds is 5. The van der Waals surface area contributed by atoms with Gasteiger partial charge in [-0.3, -0.25) is 9.78 Å². The summed E-state index contributed by atoms with van der Waals surface area (Å²) in [5.74, 6) is -1.72. The Labute approximate surface area is 142 Å². The SMILES string of the molecule is NC(/C=C\Nc1ccnc(F)c1)=NC(=O)C1(c2ncccc2F)CC1. The molecule has 8 heteroatoms. The Morgan fingerprint density at radius 2 is 2.08 bits per heavy atom. The first-order chi connectivity index (χ1) is 12.0. The third kappa shape index (κ3) is 3.68. The molecule has 0 atom stereocenters. The summed E-state index contributed by atoms with van der Waals surface area (Å²) in [6.45, 7) is 0. The van der Waals surface area contributed by atoms with Gasteiger partial charge in [0.15, 0.2) is 0 Å². The van der Waals surface area contributed by atoms with Gasteiger partial charge in [-0.05, 0) is 37.1 Å². The van der Waals surface area contributed by atoms with E-state index in [0.717, 1.165) is 0 Å². The maximum Gasteiger partial charge on any atom is 0.259 e. The lowest BCUT2D eigenvalue weighted by Crippen LogP contribution is -2.24. The van der Waals surface area contributed by atoms with Crippen LogP contribution in [0.2, 0.25) is 0 Å². The average molecular weight is 343 g/mol. The van der Waals surface area contributed by atoms with E-state index in [1.165, 1.54) is 42.9 Å². The highest BCUT2D eigenvalue weighted by Crippen LogP contribution is 2.49. The van der Waals surface area contributed by atoms with Crippen molar-refractivity contribution in [3.8, 4) is 0 Å². The van der Waals surface area contributed by atoms with Crippen molar-refractivity contribution < 1.29 is 13.6 Å². The van der Waals surface area contributed by atoms with Gasteiger partial charge < -0.3 is 11.1 Å².